The Morgan fingerprint density at radius 3 is 2.40 bits per heavy atom. The van der Waals surface area contributed by atoms with Crippen molar-refractivity contribution in [1.82, 2.24) is 0 Å². The third kappa shape index (κ3) is 2.41. The van der Waals surface area contributed by atoms with E-state index in [1.807, 2.05) is 0 Å². The molecular weight excluding hydrogens is 207 g/mol. The molecule has 0 heterocycles. The highest BCUT2D eigenvalue weighted by Gasteiger charge is 2.39. The molecule has 1 saturated carbocycles. The zero-order valence-electron chi connectivity index (χ0n) is 7.79. The quantitative estimate of drug-likeness (QED) is 0.825. The lowest BCUT2D eigenvalue weighted by Crippen LogP contribution is -2.18. The van der Waals surface area contributed by atoms with Gasteiger partial charge in [0.15, 0.2) is 0 Å². The van der Waals surface area contributed by atoms with Crippen molar-refractivity contribution < 1.29 is 17.9 Å². The summed E-state index contributed by atoms with van der Waals surface area (Å²) in [6, 6.07) is 6.09. The maximum absolute atomic E-state index is 12.0. The fourth-order valence-electron chi connectivity index (χ4n) is 1.58. The van der Waals surface area contributed by atoms with Gasteiger partial charge in [-0.05, 0) is 18.1 Å². The summed E-state index contributed by atoms with van der Waals surface area (Å²) in [6.45, 7) is 0. The summed E-state index contributed by atoms with van der Waals surface area (Å²) in [5.41, 5.74) is 6.14. The molecule has 1 aromatic rings. The van der Waals surface area contributed by atoms with Crippen molar-refractivity contribution in [2.45, 2.75) is 24.7 Å². The van der Waals surface area contributed by atoms with Crippen LogP contribution in [0.1, 0.15) is 17.9 Å². The number of hydrogen-bond acceptors (Lipinski definition) is 2. The molecule has 0 saturated heterocycles. The van der Waals surface area contributed by atoms with Crippen LogP contribution in [0.4, 0.5) is 13.2 Å². The molecule has 0 unspecified atom stereocenters. The molecule has 5 heteroatoms. The van der Waals surface area contributed by atoms with Crippen LogP contribution in [-0.4, -0.2) is 12.4 Å². The Morgan fingerprint density at radius 2 is 1.87 bits per heavy atom. The largest absolute Gasteiger partial charge is 0.573 e. The topological polar surface area (TPSA) is 35.2 Å². The molecule has 1 fully saturated rings. The highest BCUT2D eigenvalue weighted by Crippen LogP contribution is 2.44. The molecule has 0 radical (unpaired) electrons. The molecule has 0 bridgehead atoms. The van der Waals surface area contributed by atoms with E-state index in [4.69, 9.17) is 5.73 Å². The summed E-state index contributed by atoms with van der Waals surface area (Å²) in [7, 11) is 0. The minimum absolute atomic E-state index is 0.00329. The Balaban J connectivity index is 2.23. The maximum atomic E-state index is 12.0. The summed E-state index contributed by atoms with van der Waals surface area (Å²) in [4.78, 5) is 0. The zero-order chi connectivity index (χ0) is 11.1. The predicted molar refractivity (Wildman–Crippen MR) is 48.5 cm³/mol. The lowest BCUT2D eigenvalue weighted by Gasteiger charge is -2.12. The number of para-hydroxylation sites is 1. The second-order valence-corrected chi connectivity index (χ2v) is 3.59. The van der Waals surface area contributed by atoms with E-state index in [1.54, 1.807) is 12.1 Å². The number of rotatable bonds is 2. The Labute approximate surface area is 84.8 Å². The third-order valence-corrected chi connectivity index (χ3v) is 2.38. The molecule has 1 aliphatic carbocycles. The van der Waals surface area contributed by atoms with E-state index in [9.17, 15) is 13.2 Å². The Kier molecular flexibility index (Phi) is 2.34. The average Bonchev–Trinajstić information content (AvgIpc) is 2.80. The predicted octanol–water partition coefficient (Wildman–Crippen LogP) is 2.40. The fourth-order valence-corrected chi connectivity index (χ4v) is 1.58. The number of nitrogens with two attached hydrogens (primary N) is 1. The van der Waals surface area contributed by atoms with Crippen molar-refractivity contribution in [3.8, 4) is 5.75 Å². The van der Waals surface area contributed by atoms with Gasteiger partial charge in [-0.1, -0.05) is 18.2 Å². The second-order valence-electron chi connectivity index (χ2n) is 3.59. The van der Waals surface area contributed by atoms with Crippen molar-refractivity contribution >= 4 is 0 Å². The minimum atomic E-state index is -4.64. The zero-order valence-corrected chi connectivity index (χ0v) is 7.79. The average molecular weight is 217 g/mol. The standard InChI is InChI=1S/C10H10F3NO/c11-10(12,13)15-9-4-2-1-3-6(9)7-5-8(7)14/h1-4,7-8H,5,14H2/t7-,8-/m0/s1. The molecule has 1 aliphatic rings. The van der Waals surface area contributed by atoms with Crippen LogP contribution >= 0.6 is 0 Å². The molecule has 82 valence electrons. The number of hydrogen-bond donors (Lipinski definition) is 1. The van der Waals surface area contributed by atoms with Gasteiger partial charge in [0.05, 0.1) is 0 Å². The van der Waals surface area contributed by atoms with Crippen molar-refractivity contribution in [2.24, 2.45) is 5.73 Å². The van der Waals surface area contributed by atoms with Crippen LogP contribution in [0, 0.1) is 0 Å². The highest BCUT2D eigenvalue weighted by molar-refractivity contribution is 5.40. The monoisotopic (exact) mass is 217 g/mol. The van der Waals surface area contributed by atoms with Gasteiger partial charge in [-0.3, -0.25) is 0 Å². The van der Waals surface area contributed by atoms with Crippen molar-refractivity contribution in [3.05, 3.63) is 29.8 Å². The first kappa shape index (κ1) is 10.3. The SMILES string of the molecule is N[C@H]1C[C@H]1c1ccccc1OC(F)(F)F. The number of ether oxygens (including phenoxy) is 1. The van der Waals surface area contributed by atoms with Crippen LogP contribution in [0.15, 0.2) is 24.3 Å². The molecular formula is C10H10F3NO. The van der Waals surface area contributed by atoms with E-state index in [2.05, 4.69) is 4.74 Å². The highest BCUT2D eigenvalue weighted by atomic mass is 19.4. The van der Waals surface area contributed by atoms with Crippen LogP contribution in [0.5, 0.6) is 5.75 Å². The molecule has 0 aliphatic heterocycles. The van der Waals surface area contributed by atoms with Crippen LogP contribution in [0.25, 0.3) is 0 Å². The van der Waals surface area contributed by atoms with Crippen LogP contribution in [-0.2, 0) is 0 Å². The van der Waals surface area contributed by atoms with Crippen molar-refractivity contribution in [3.63, 3.8) is 0 Å². The first-order chi connectivity index (χ1) is 6.97. The van der Waals surface area contributed by atoms with Gasteiger partial charge in [0, 0.05) is 12.0 Å². The van der Waals surface area contributed by atoms with Gasteiger partial charge in [0.2, 0.25) is 0 Å². The fraction of sp³-hybridized carbons (Fsp3) is 0.400. The van der Waals surface area contributed by atoms with E-state index in [-0.39, 0.29) is 17.7 Å². The van der Waals surface area contributed by atoms with E-state index >= 15 is 0 Å². The van der Waals surface area contributed by atoms with Gasteiger partial charge in [-0.2, -0.15) is 0 Å². The molecule has 2 rings (SSSR count). The summed E-state index contributed by atoms with van der Waals surface area (Å²) >= 11 is 0. The second kappa shape index (κ2) is 3.41. The summed E-state index contributed by atoms with van der Waals surface area (Å²) in [5.74, 6) is -0.133. The third-order valence-electron chi connectivity index (χ3n) is 2.38. The van der Waals surface area contributed by atoms with Gasteiger partial charge in [0.25, 0.3) is 0 Å². The summed E-state index contributed by atoms with van der Waals surface area (Å²) < 4.78 is 40.1. The van der Waals surface area contributed by atoms with Crippen LogP contribution in [0.3, 0.4) is 0 Å². The van der Waals surface area contributed by atoms with Crippen LogP contribution < -0.4 is 10.5 Å². The molecule has 2 atom stereocenters. The lowest BCUT2D eigenvalue weighted by atomic mass is 10.1. The summed E-state index contributed by atoms with van der Waals surface area (Å²) in [5, 5.41) is 0. The normalized spacial score (nSPS) is 25.1. The molecule has 2 N–H and O–H groups in total. The van der Waals surface area contributed by atoms with Crippen molar-refractivity contribution in [1.29, 1.82) is 0 Å². The smallest absolute Gasteiger partial charge is 0.405 e. The van der Waals surface area contributed by atoms with E-state index < -0.39 is 6.36 Å². The number of benzene rings is 1. The van der Waals surface area contributed by atoms with E-state index in [0.29, 0.717) is 5.56 Å². The van der Waals surface area contributed by atoms with Gasteiger partial charge in [0.1, 0.15) is 5.75 Å². The molecule has 0 spiro atoms. The molecule has 0 aromatic heterocycles. The summed E-state index contributed by atoms with van der Waals surface area (Å²) in [6.07, 6.45) is -3.92. The van der Waals surface area contributed by atoms with Gasteiger partial charge in [-0.25, -0.2) is 0 Å². The van der Waals surface area contributed by atoms with E-state index in [1.165, 1.54) is 12.1 Å². The first-order valence-electron chi connectivity index (χ1n) is 4.57. The number of halogens is 3. The van der Waals surface area contributed by atoms with E-state index in [0.717, 1.165) is 6.42 Å². The van der Waals surface area contributed by atoms with Crippen molar-refractivity contribution in [2.75, 3.05) is 0 Å². The Morgan fingerprint density at radius 1 is 1.27 bits per heavy atom. The number of alkyl halides is 3. The Bertz CT molecular complexity index is 364. The lowest BCUT2D eigenvalue weighted by molar-refractivity contribution is -0.274. The molecule has 0 amide bonds. The minimum Gasteiger partial charge on any atom is -0.405 e. The van der Waals surface area contributed by atoms with Gasteiger partial charge < -0.3 is 10.5 Å². The van der Waals surface area contributed by atoms with Gasteiger partial charge in [-0.15, -0.1) is 13.2 Å². The van der Waals surface area contributed by atoms with Gasteiger partial charge >= 0.3 is 6.36 Å². The Hall–Kier alpha value is -1.23. The molecule has 1 aromatic carbocycles. The first-order valence-corrected chi connectivity index (χ1v) is 4.57. The molecule has 15 heavy (non-hydrogen) atoms. The van der Waals surface area contributed by atoms with Crippen LogP contribution in [0.2, 0.25) is 0 Å². The maximum Gasteiger partial charge on any atom is 0.573 e. The molecule has 2 nitrogen and oxygen atoms in total.